The van der Waals surface area contributed by atoms with E-state index in [0.717, 1.165) is 11.5 Å². The molecule has 0 heterocycles. The zero-order chi connectivity index (χ0) is 19.1. The normalized spacial score (nSPS) is 11.3. The molecule has 138 valence electrons. The number of benzene rings is 3. The van der Waals surface area contributed by atoms with Crippen molar-refractivity contribution in [3.8, 4) is 23.0 Å². The Balaban J connectivity index is 1.54. The maximum atomic E-state index is 12.3. The highest BCUT2D eigenvalue weighted by atomic mass is 16.5. The van der Waals surface area contributed by atoms with Gasteiger partial charge in [-0.3, -0.25) is 4.79 Å². The van der Waals surface area contributed by atoms with Crippen molar-refractivity contribution >= 4 is 11.6 Å². The van der Waals surface area contributed by atoms with Crippen molar-refractivity contribution in [2.45, 2.75) is 13.0 Å². The molecule has 5 heteroatoms. The third kappa shape index (κ3) is 5.25. The van der Waals surface area contributed by atoms with E-state index in [0.29, 0.717) is 17.2 Å². The van der Waals surface area contributed by atoms with Crippen LogP contribution in [-0.4, -0.2) is 19.1 Å². The molecule has 5 nitrogen and oxygen atoms in total. The molecule has 0 saturated carbocycles. The number of methoxy groups -OCH3 is 1. The van der Waals surface area contributed by atoms with E-state index in [9.17, 15) is 4.79 Å². The van der Waals surface area contributed by atoms with Crippen molar-refractivity contribution < 1.29 is 19.0 Å². The SMILES string of the molecule is COc1ccc(NC(=O)C(C)Oc2ccc(Oc3ccccc3)cc2)cc1. The van der Waals surface area contributed by atoms with Gasteiger partial charge in [0.1, 0.15) is 23.0 Å². The molecule has 1 N–H and O–H groups in total. The first-order valence-electron chi connectivity index (χ1n) is 8.58. The molecule has 0 aliphatic heterocycles. The first kappa shape index (κ1) is 18.3. The van der Waals surface area contributed by atoms with Crippen molar-refractivity contribution in [3.63, 3.8) is 0 Å². The molecule has 0 bridgehead atoms. The number of para-hydroxylation sites is 1. The molecular weight excluding hydrogens is 342 g/mol. The van der Waals surface area contributed by atoms with Crippen molar-refractivity contribution in [2.75, 3.05) is 12.4 Å². The summed E-state index contributed by atoms with van der Waals surface area (Å²) in [6.07, 6.45) is -0.645. The van der Waals surface area contributed by atoms with E-state index in [1.165, 1.54) is 0 Å². The molecule has 1 atom stereocenters. The van der Waals surface area contributed by atoms with E-state index in [-0.39, 0.29) is 5.91 Å². The van der Waals surface area contributed by atoms with Crippen LogP contribution in [0, 0.1) is 0 Å². The van der Waals surface area contributed by atoms with Gasteiger partial charge in [0.05, 0.1) is 7.11 Å². The second-order valence-corrected chi connectivity index (χ2v) is 5.86. The Bertz CT molecular complexity index is 861. The zero-order valence-electron chi connectivity index (χ0n) is 15.2. The summed E-state index contributed by atoms with van der Waals surface area (Å²) in [5, 5.41) is 2.81. The third-order valence-electron chi connectivity index (χ3n) is 3.84. The fourth-order valence-corrected chi connectivity index (χ4v) is 2.39. The molecule has 27 heavy (non-hydrogen) atoms. The molecule has 0 radical (unpaired) electrons. The average Bonchev–Trinajstić information content (AvgIpc) is 2.71. The minimum atomic E-state index is -0.645. The van der Waals surface area contributed by atoms with Gasteiger partial charge in [-0.15, -0.1) is 0 Å². The first-order chi connectivity index (χ1) is 13.1. The summed E-state index contributed by atoms with van der Waals surface area (Å²) >= 11 is 0. The highest BCUT2D eigenvalue weighted by Crippen LogP contribution is 2.24. The Morgan fingerprint density at radius 1 is 0.778 bits per heavy atom. The van der Waals surface area contributed by atoms with Crippen LogP contribution in [0.2, 0.25) is 0 Å². The summed E-state index contributed by atoms with van der Waals surface area (Å²) in [7, 11) is 1.60. The maximum absolute atomic E-state index is 12.3. The molecule has 0 aliphatic rings. The standard InChI is InChI=1S/C22H21NO4/c1-16(22(24)23-17-8-10-18(25-2)11-9-17)26-20-12-14-21(15-13-20)27-19-6-4-3-5-7-19/h3-16H,1-2H3,(H,23,24). The molecule has 1 amide bonds. The predicted octanol–water partition coefficient (Wildman–Crippen LogP) is 4.89. The van der Waals surface area contributed by atoms with Crippen LogP contribution in [-0.2, 0) is 4.79 Å². The molecule has 3 rings (SSSR count). The molecule has 0 saturated heterocycles. The predicted molar refractivity (Wildman–Crippen MR) is 105 cm³/mol. The van der Waals surface area contributed by atoms with Gasteiger partial charge in [0.15, 0.2) is 6.10 Å². The monoisotopic (exact) mass is 363 g/mol. The molecule has 3 aromatic carbocycles. The van der Waals surface area contributed by atoms with Gasteiger partial charge < -0.3 is 19.5 Å². The zero-order valence-corrected chi connectivity index (χ0v) is 15.2. The quantitative estimate of drug-likeness (QED) is 0.649. The van der Waals surface area contributed by atoms with E-state index in [1.54, 1.807) is 62.6 Å². The summed E-state index contributed by atoms with van der Waals surface area (Å²) in [6, 6.07) is 23.8. The van der Waals surface area contributed by atoms with Gasteiger partial charge in [-0.05, 0) is 67.6 Å². The smallest absolute Gasteiger partial charge is 0.265 e. The molecule has 1 unspecified atom stereocenters. The number of nitrogens with one attached hydrogen (secondary N) is 1. The van der Waals surface area contributed by atoms with Crippen LogP contribution in [0.5, 0.6) is 23.0 Å². The van der Waals surface area contributed by atoms with E-state index in [1.807, 2.05) is 30.3 Å². The minimum Gasteiger partial charge on any atom is -0.497 e. The highest BCUT2D eigenvalue weighted by molar-refractivity contribution is 5.94. The molecule has 0 fully saturated rings. The fourth-order valence-electron chi connectivity index (χ4n) is 2.39. The van der Waals surface area contributed by atoms with Crippen LogP contribution in [0.25, 0.3) is 0 Å². The maximum Gasteiger partial charge on any atom is 0.265 e. The molecule has 3 aromatic rings. The van der Waals surface area contributed by atoms with Gasteiger partial charge in [0, 0.05) is 5.69 Å². The number of carbonyl (C=O) groups is 1. The van der Waals surface area contributed by atoms with E-state index >= 15 is 0 Å². The Kier molecular flexibility index (Phi) is 5.94. The van der Waals surface area contributed by atoms with Crippen molar-refractivity contribution in [1.82, 2.24) is 0 Å². The number of ether oxygens (including phenoxy) is 3. The molecular formula is C22H21NO4. The van der Waals surface area contributed by atoms with Crippen molar-refractivity contribution in [1.29, 1.82) is 0 Å². The lowest BCUT2D eigenvalue weighted by Crippen LogP contribution is -2.30. The number of carbonyl (C=O) groups excluding carboxylic acids is 1. The van der Waals surface area contributed by atoms with Gasteiger partial charge in [-0.25, -0.2) is 0 Å². The highest BCUT2D eigenvalue weighted by Gasteiger charge is 2.15. The topological polar surface area (TPSA) is 56.8 Å². The van der Waals surface area contributed by atoms with Crippen LogP contribution in [0.4, 0.5) is 5.69 Å². The largest absolute Gasteiger partial charge is 0.497 e. The van der Waals surface area contributed by atoms with Crippen molar-refractivity contribution in [2.24, 2.45) is 0 Å². The van der Waals surface area contributed by atoms with Crippen LogP contribution in [0.1, 0.15) is 6.92 Å². The van der Waals surface area contributed by atoms with E-state index < -0.39 is 6.10 Å². The summed E-state index contributed by atoms with van der Waals surface area (Å²) in [6.45, 7) is 1.70. The van der Waals surface area contributed by atoms with Gasteiger partial charge in [0.25, 0.3) is 5.91 Å². The second-order valence-electron chi connectivity index (χ2n) is 5.86. The van der Waals surface area contributed by atoms with Crippen LogP contribution < -0.4 is 19.5 Å². The lowest BCUT2D eigenvalue weighted by molar-refractivity contribution is -0.122. The van der Waals surface area contributed by atoms with Gasteiger partial charge in [-0.2, -0.15) is 0 Å². The van der Waals surface area contributed by atoms with Crippen LogP contribution in [0.3, 0.4) is 0 Å². The Hall–Kier alpha value is -3.47. The Labute approximate surface area is 158 Å². The molecule has 0 aromatic heterocycles. The fraction of sp³-hybridized carbons (Fsp3) is 0.136. The third-order valence-corrected chi connectivity index (χ3v) is 3.84. The number of anilines is 1. The van der Waals surface area contributed by atoms with Gasteiger partial charge in [-0.1, -0.05) is 18.2 Å². The average molecular weight is 363 g/mol. The van der Waals surface area contributed by atoms with E-state index in [4.69, 9.17) is 14.2 Å². The summed E-state index contributed by atoms with van der Waals surface area (Å²) in [5.74, 6) is 2.55. The minimum absolute atomic E-state index is 0.232. The van der Waals surface area contributed by atoms with Gasteiger partial charge >= 0.3 is 0 Å². The Morgan fingerprint density at radius 3 is 1.96 bits per heavy atom. The van der Waals surface area contributed by atoms with Crippen LogP contribution in [0.15, 0.2) is 78.9 Å². The lowest BCUT2D eigenvalue weighted by atomic mass is 10.2. The number of rotatable bonds is 7. The summed E-state index contributed by atoms with van der Waals surface area (Å²) in [5.41, 5.74) is 0.683. The van der Waals surface area contributed by atoms with Crippen molar-refractivity contribution in [3.05, 3.63) is 78.9 Å². The molecule has 0 spiro atoms. The first-order valence-corrected chi connectivity index (χ1v) is 8.58. The van der Waals surface area contributed by atoms with E-state index in [2.05, 4.69) is 5.32 Å². The summed E-state index contributed by atoms with van der Waals surface area (Å²) < 4.78 is 16.5. The second kappa shape index (κ2) is 8.76. The van der Waals surface area contributed by atoms with Gasteiger partial charge in [0.2, 0.25) is 0 Å². The number of hydrogen-bond acceptors (Lipinski definition) is 4. The van der Waals surface area contributed by atoms with Crippen LogP contribution >= 0.6 is 0 Å². The summed E-state index contributed by atoms with van der Waals surface area (Å²) in [4.78, 5) is 12.3. The lowest BCUT2D eigenvalue weighted by Gasteiger charge is -2.15. The Morgan fingerprint density at radius 2 is 1.33 bits per heavy atom. The number of hydrogen-bond donors (Lipinski definition) is 1. The number of amides is 1. The molecule has 0 aliphatic carbocycles.